The second kappa shape index (κ2) is 11.4. The topological polar surface area (TPSA) is 68.0 Å². The van der Waals surface area contributed by atoms with Crippen LogP contribution in [0.5, 0.6) is 11.5 Å². The molecule has 0 bridgehead atoms. The number of piperazine rings is 1. The minimum Gasteiger partial charge on any atom is -0.497 e. The molecule has 1 aliphatic rings. The highest BCUT2D eigenvalue weighted by Gasteiger charge is 2.35. The second-order valence-corrected chi connectivity index (χ2v) is 7.31. The van der Waals surface area contributed by atoms with Gasteiger partial charge < -0.3 is 20.1 Å². The molecule has 0 saturated carbocycles. The van der Waals surface area contributed by atoms with E-state index in [1.54, 1.807) is 21.1 Å². The summed E-state index contributed by atoms with van der Waals surface area (Å²) >= 11 is 0. The molecule has 1 amide bonds. The van der Waals surface area contributed by atoms with E-state index in [1.165, 1.54) is 0 Å². The third-order valence-electron chi connectivity index (χ3n) is 5.36. The summed E-state index contributed by atoms with van der Waals surface area (Å²) in [5.41, 5.74) is 7.31. The number of methoxy groups -OCH3 is 2. The van der Waals surface area contributed by atoms with Crippen molar-refractivity contribution < 1.29 is 14.3 Å². The Morgan fingerprint density at radius 3 is 2.20 bits per heavy atom. The van der Waals surface area contributed by atoms with E-state index in [1.807, 2.05) is 53.4 Å². The minimum atomic E-state index is -1.01. The highest BCUT2D eigenvalue weighted by atomic mass is 35.5. The maximum Gasteiger partial charge on any atom is 0.247 e. The molecule has 2 aromatic carbocycles. The van der Waals surface area contributed by atoms with E-state index in [0.717, 1.165) is 42.3 Å². The normalized spacial score (nSPS) is 15.9. The fourth-order valence-corrected chi connectivity index (χ4v) is 3.59. The molecule has 1 unspecified atom stereocenters. The molecule has 30 heavy (non-hydrogen) atoms. The fraction of sp³-hybridized carbons (Fsp3) is 0.409. The van der Waals surface area contributed by atoms with Crippen LogP contribution in [-0.4, -0.2) is 56.1 Å². The molecule has 1 saturated heterocycles. The molecule has 6 nitrogen and oxygen atoms in total. The molecule has 3 rings (SSSR count). The van der Waals surface area contributed by atoms with E-state index in [2.05, 4.69) is 4.90 Å². The average Bonchev–Trinajstić information content (AvgIpc) is 2.74. The Morgan fingerprint density at radius 1 is 1.00 bits per heavy atom. The zero-order valence-electron chi connectivity index (χ0n) is 17.7. The van der Waals surface area contributed by atoms with E-state index in [-0.39, 0.29) is 30.7 Å². The monoisotopic (exact) mass is 455 g/mol. The van der Waals surface area contributed by atoms with Crippen molar-refractivity contribution in [2.75, 3.05) is 40.4 Å². The number of nitrogens with zero attached hydrogens (tertiary/aromatic N) is 2. The lowest BCUT2D eigenvalue weighted by molar-refractivity contribution is -0.138. The summed E-state index contributed by atoms with van der Waals surface area (Å²) in [5, 5.41) is 0. The number of rotatable bonds is 6. The van der Waals surface area contributed by atoms with Gasteiger partial charge in [0.15, 0.2) is 0 Å². The van der Waals surface area contributed by atoms with Crippen LogP contribution in [-0.2, 0) is 16.9 Å². The predicted octanol–water partition coefficient (Wildman–Crippen LogP) is 3.07. The van der Waals surface area contributed by atoms with Crippen molar-refractivity contribution in [3.63, 3.8) is 0 Å². The number of hydrogen-bond donors (Lipinski definition) is 1. The first-order valence-electron chi connectivity index (χ1n) is 9.52. The number of benzene rings is 2. The fourth-order valence-electron chi connectivity index (χ4n) is 3.59. The SMILES string of the molecule is COc1ccc(OC)c(CN2CCN(C(=O)C(C)(N)c3ccccc3)CC2)c1.Cl.Cl. The Bertz CT molecular complexity index is 811. The van der Waals surface area contributed by atoms with Gasteiger partial charge >= 0.3 is 0 Å². The van der Waals surface area contributed by atoms with Crippen molar-refractivity contribution in [3.05, 3.63) is 59.7 Å². The first-order chi connectivity index (χ1) is 13.5. The van der Waals surface area contributed by atoms with Crippen LogP contribution in [0, 0.1) is 0 Å². The minimum absolute atomic E-state index is 0. The lowest BCUT2D eigenvalue weighted by Gasteiger charge is -2.38. The Hall–Kier alpha value is -1.99. The number of carbonyl (C=O) groups is 1. The first-order valence-corrected chi connectivity index (χ1v) is 9.52. The van der Waals surface area contributed by atoms with Crippen LogP contribution in [0.15, 0.2) is 48.5 Å². The van der Waals surface area contributed by atoms with Gasteiger partial charge in [0.05, 0.1) is 14.2 Å². The van der Waals surface area contributed by atoms with Gasteiger partial charge in [0.25, 0.3) is 0 Å². The summed E-state index contributed by atoms with van der Waals surface area (Å²) in [6.45, 7) is 5.43. The van der Waals surface area contributed by atoms with Crippen molar-refractivity contribution in [2.24, 2.45) is 5.73 Å². The first kappa shape index (κ1) is 26.0. The number of hydrogen-bond acceptors (Lipinski definition) is 5. The standard InChI is InChI=1S/C22H29N3O3.2ClH/c1-22(23,18-7-5-4-6-8-18)21(26)25-13-11-24(12-14-25)16-17-15-19(27-2)9-10-20(17)28-3;;/h4-10,15H,11-14,16,23H2,1-3H3;2*1H. The number of halogens is 2. The van der Waals surface area contributed by atoms with E-state index in [4.69, 9.17) is 15.2 Å². The van der Waals surface area contributed by atoms with Gasteiger partial charge in [0.2, 0.25) is 5.91 Å². The van der Waals surface area contributed by atoms with Gasteiger partial charge in [0.1, 0.15) is 17.0 Å². The molecular formula is C22H31Cl2N3O3. The van der Waals surface area contributed by atoms with Crippen LogP contribution >= 0.6 is 24.8 Å². The van der Waals surface area contributed by atoms with Crippen LogP contribution < -0.4 is 15.2 Å². The molecule has 1 aliphatic heterocycles. The van der Waals surface area contributed by atoms with Gasteiger partial charge in [-0.15, -0.1) is 24.8 Å². The molecular weight excluding hydrogens is 425 g/mol. The smallest absolute Gasteiger partial charge is 0.247 e. The van der Waals surface area contributed by atoms with Gasteiger partial charge in [-0.3, -0.25) is 9.69 Å². The van der Waals surface area contributed by atoms with Crippen molar-refractivity contribution in [3.8, 4) is 11.5 Å². The molecule has 0 spiro atoms. The van der Waals surface area contributed by atoms with Crippen LogP contribution in [0.1, 0.15) is 18.1 Å². The zero-order valence-corrected chi connectivity index (χ0v) is 19.3. The quantitative estimate of drug-likeness (QED) is 0.724. The summed E-state index contributed by atoms with van der Waals surface area (Å²) in [5.74, 6) is 1.63. The number of nitrogens with two attached hydrogens (primary N) is 1. The maximum atomic E-state index is 13.0. The molecule has 2 aromatic rings. The summed E-state index contributed by atoms with van der Waals surface area (Å²) in [7, 11) is 3.33. The Labute approximate surface area is 191 Å². The summed E-state index contributed by atoms with van der Waals surface area (Å²) in [6.07, 6.45) is 0. The average molecular weight is 456 g/mol. The van der Waals surface area contributed by atoms with Crippen LogP contribution in [0.4, 0.5) is 0 Å². The highest BCUT2D eigenvalue weighted by molar-refractivity contribution is 5.87. The molecule has 8 heteroatoms. The predicted molar refractivity (Wildman–Crippen MR) is 124 cm³/mol. The summed E-state index contributed by atoms with van der Waals surface area (Å²) in [6, 6.07) is 15.4. The van der Waals surface area contributed by atoms with Gasteiger partial charge in [-0.25, -0.2) is 0 Å². The summed E-state index contributed by atoms with van der Waals surface area (Å²) < 4.78 is 10.8. The van der Waals surface area contributed by atoms with Gasteiger partial charge in [-0.2, -0.15) is 0 Å². The number of carbonyl (C=O) groups excluding carboxylic acids is 1. The lowest BCUT2D eigenvalue weighted by atomic mass is 9.91. The Balaban J connectivity index is 0.00000225. The van der Waals surface area contributed by atoms with Gasteiger partial charge in [0, 0.05) is 38.3 Å². The van der Waals surface area contributed by atoms with Crippen molar-refractivity contribution in [1.82, 2.24) is 9.80 Å². The molecule has 1 heterocycles. The van der Waals surface area contributed by atoms with Crippen LogP contribution in [0.2, 0.25) is 0 Å². The van der Waals surface area contributed by atoms with Crippen molar-refractivity contribution in [2.45, 2.75) is 19.0 Å². The number of amides is 1. The lowest BCUT2D eigenvalue weighted by Crippen LogP contribution is -2.56. The maximum absolute atomic E-state index is 13.0. The van der Waals surface area contributed by atoms with Crippen molar-refractivity contribution >= 4 is 30.7 Å². The van der Waals surface area contributed by atoms with E-state index in [0.29, 0.717) is 13.1 Å². The Morgan fingerprint density at radius 2 is 1.63 bits per heavy atom. The van der Waals surface area contributed by atoms with E-state index in [9.17, 15) is 4.79 Å². The van der Waals surface area contributed by atoms with Crippen LogP contribution in [0.25, 0.3) is 0 Å². The number of ether oxygens (including phenoxy) is 2. The molecule has 1 fully saturated rings. The molecule has 1 atom stereocenters. The van der Waals surface area contributed by atoms with Crippen LogP contribution in [0.3, 0.4) is 0 Å². The van der Waals surface area contributed by atoms with Gasteiger partial charge in [-0.05, 0) is 30.7 Å². The zero-order chi connectivity index (χ0) is 20.1. The molecule has 2 N–H and O–H groups in total. The second-order valence-electron chi connectivity index (χ2n) is 7.31. The largest absolute Gasteiger partial charge is 0.497 e. The molecule has 166 valence electrons. The van der Waals surface area contributed by atoms with E-state index >= 15 is 0 Å². The molecule has 0 aromatic heterocycles. The molecule has 0 radical (unpaired) electrons. The van der Waals surface area contributed by atoms with Crippen molar-refractivity contribution in [1.29, 1.82) is 0 Å². The molecule has 0 aliphatic carbocycles. The highest BCUT2D eigenvalue weighted by Crippen LogP contribution is 2.26. The Kier molecular flexibility index (Phi) is 9.91. The van der Waals surface area contributed by atoms with E-state index < -0.39 is 5.54 Å². The third kappa shape index (κ3) is 5.79. The third-order valence-corrected chi connectivity index (χ3v) is 5.36. The summed E-state index contributed by atoms with van der Waals surface area (Å²) in [4.78, 5) is 17.2. The van der Waals surface area contributed by atoms with Gasteiger partial charge in [-0.1, -0.05) is 30.3 Å².